The smallest absolute Gasteiger partial charge is 0.258 e. The molecule has 3 rings (SSSR count). The van der Waals surface area contributed by atoms with Gasteiger partial charge in [-0.15, -0.1) is 0 Å². The van der Waals surface area contributed by atoms with Crippen molar-refractivity contribution in [3.63, 3.8) is 0 Å². The zero-order valence-corrected chi connectivity index (χ0v) is 16.3. The highest BCUT2D eigenvalue weighted by Gasteiger charge is 2.26. The molecule has 7 heteroatoms. The molecule has 0 saturated carbocycles. The third-order valence-electron chi connectivity index (χ3n) is 4.67. The van der Waals surface area contributed by atoms with Gasteiger partial charge in [0.25, 0.3) is 5.91 Å². The zero-order valence-electron chi connectivity index (χ0n) is 16.3. The van der Waals surface area contributed by atoms with Crippen molar-refractivity contribution >= 4 is 17.6 Å². The average Bonchev–Trinajstić information content (AvgIpc) is 2.72. The lowest BCUT2D eigenvalue weighted by Crippen LogP contribution is -2.54. The molecule has 1 aromatic heterocycles. The van der Waals surface area contributed by atoms with Crippen LogP contribution in [0.3, 0.4) is 0 Å². The van der Waals surface area contributed by atoms with Gasteiger partial charge in [0.1, 0.15) is 17.6 Å². The van der Waals surface area contributed by atoms with Crippen molar-refractivity contribution in [3.8, 4) is 5.75 Å². The number of carbonyl (C=O) groups is 2. The number of aromatic nitrogens is 1. The van der Waals surface area contributed by atoms with Crippen LogP contribution >= 0.6 is 0 Å². The number of ether oxygens (including phenoxy) is 1. The number of amides is 2. The first-order valence-electron chi connectivity index (χ1n) is 9.46. The summed E-state index contributed by atoms with van der Waals surface area (Å²) in [6.07, 6.45) is 1.77. The van der Waals surface area contributed by atoms with Gasteiger partial charge in [-0.3, -0.25) is 9.59 Å². The summed E-state index contributed by atoms with van der Waals surface area (Å²) in [5.74, 6) is 1.17. The van der Waals surface area contributed by atoms with Gasteiger partial charge in [0, 0.05) is 32.4 Å². The summed E-state index contributed by atoms with van der Waals surface area (Å²) in [5.41, 5.74) is 1.06. The molecule has 1 atom stereocenters. The van der Waals surface area contributed by atoms with E-state index in [4.69, 9.17) is 4.74 Å². The predicted octanol–water partition coefficient (Wildman–Crippen LogP) is 1.62. The molecule has 1 aliphatic heterocycles. The Hall–Kier alpha value is -3.09. The maximum absolute atomic E-state index is 12.6. The Bertz CT molecular complexity index is 804. The van der Waals surface area contributed by atoms with Crippen molar-refractivity contribution in [2.24, 2.45) is 0 Å². The Morgan fingerprint density at radius 1 is 1.14 bits per heavy atom. The fraction of sp³-hybridized carbons (Fsp3) is 0.381. The predicted molar refractivity (Wildman–Crippen MR) is 107 cm³/mol. The van der Waals surface area contributed by atoms with Crippen LogP contribution in [0.1, 0.15) is 12.5 Å². The lowest BCUT2D eigenvalue weighted by atomic mass is 10.2. The fourth-order valence-corrected chi connectivity index (χ4v) is 3.17. The standard InChI is InChI=1S/C21H26N4O3/c1-16-6-5-7-18(14-16)28-15-20(26)23-17(2)21(27)25-12-10-24(11-13-25)19-8-3-4-9-22-19/h3-9,14,17H,10-13,15H2,1-2H3,(H,23,26)/t17-/m1/s1. The summed E-state index contributed by atoms with van der Waals surface area (Å²) < 4.78 is 5.49. The summed E-state index contributed by atoms with van der Waals surface area (Å²) in [6, 6.07) is 12.7. The second kappa shape index (κ2) is 9.21. The monoisotopic (exact) mass is 382 g/mol. The minimum Gasteiger partial charge on any atom is -0.484 e. The third kappa shape index (κ3) is 5.22. The quantitative estimate of drug-likeness (QED) is 0.822. The second-order valence-corrected chi connectivity index (χ2v) is 6.89. The Labute approximate surface area is 165 Å². The van der Waals surface area contributed by atoms with Crippen LogP contribution in [0.4, 0.5) is 5.82 Å². The van der Waals surface area contributed by atoms with E-state index in [1.165, 1.54) is 0 Å². The van der Waals surface area contributed by atoms with Gasteiger partial charge in [0.2, 0.25) is 5.91 Å². The molecule has 0 spiro atoms. The topological polar surface area (TPSA) is 74.8 Å². The van der Waals surface area contributed by atoms with E-state index in [1.807, 2.05) is 43.3 Å². The third-order valence-corrected chi connectivity index (χ3v) is 4.67. The first-order valence-corrected chi connectivity index (χ1v) is 9.46. The van der Waals surface area contributed by atoms with Gasteiger partial charge < -0.3 is 19.9 Å². The maximum atomic E-state index is 12.6. The van der Waals surface area contributed by atoms with Crippen molar-refractivity contribution in [3.05, 3.63) is 54.2 Å². The fourth-order valence-electron chi connectivity index (χ4n) is 3.17. The van der Waals surface area contributed by atoms with Gasteiger partial charge in [-0.2, -0.15) is 0 Å². The first kappa shape index (κ1) is 19.7. The van der Waals surface area contributed by atoms with E-state index in [0.717, 1.165) is 24.5 Å². The van der Waals surface area contributed by atoms with Crippen molar-refractivity contribution < 1.29 is 14.3 Å². The van der Waals surface area contributed by atoms with Gasteiger partial charge in [-0.25, -0.2) is 4.98 Å². The second-order valence-electron chi connectivity index (χ2n) is 6.89. The average molecular weight is 382 g/mol. The summed E-state index contributed by atoms with van der Waals surface area (Å²) >= 11 is 0. The number of hydrogen-bond donors (Lipinski definition) is 1. The molecule has 1 fully saturated rings. The van der Waals surface area contributed by atoms with Crippen LogP contribution in [0, 0.1) is 6.92 Å². The summed E-state index contributed by atoms with van der Waals surface area (Å²) in [6.45, 7) is 6.21. The largest absolute Gasteiger partial charge is 0.484 e. The van der Waals surface area contributed by atoms with Gasteiger partial charge in [-0.1, -0.05) is 18.2 Å². The number of nitrogens with zero attached hydrogens (tertiary/aromatic N) is 3. The highest BCUT2D eigenvalue weighted by atomic mass is 16.5. The molecular formula is C21H26N4O3. The molecular weight excluding hydrogens is 356 g/mol. The van der Waals surface area contributed by atoms with Gasteiger partial charge in [-0.05, 0) is 43.7 Å². The van der Waals surface area contributed by atoms with Crippen LogP contribution in [0.2, 0.25) is 0 Å². The van der Waals surface area contributed by atoms with E-state index in [2.05, 4.69) is 15.2 Å². The van der Waals surface area contributed by atoms with Crippen LogP contribution in [-0.2, 0) is 9.59 Å². The summed E-state index contributed by atoms with van der Waals surface area (Å²) in [7, 11) is 0. The SMILES string of the molecule is Cc1cccc(OCC(=O)N[C@H](C)C(=O)N2CCN(c3ccccn3)CC2)c1. The molecule has 2 aromatic rings. The molecule has 0 radical (unpaired) electrons. The normalized spacial score (nSPS) is 15.1. The molecule has 7 nitrogen and oxygen atoms in total. The molecule has 1 N–H and O–H groups in total. The van der Waals surface area contributed by atoms with Crippen LogP contribution in [-0.4, -0.2) is 60.5 Å². The van der Waals surface area contributed by atoms with Gasteiger partial charge in [0.15, 0.2) is 6.61 Å². The molecule has 28 heavy (non-hydrogen) atoms. The van der Waals surface area contributed by atoms with E-state index in [-0.39, 0.29) is 18.4 Å². The lowest BCUT2D eigenvalue weighted by molar-refractivity contribution is -0.136. The van der Waals surface area contributed by atoms with E-state index >= 15 is 0 Å². The molecule has 2 amide bonds. The molecule has 1 aliphatic rings. The Kier molecular flexibility index (Phi) is 6.47. The van der Waals surface area contributed by atoms with E-state index in [9.17, 15) is 9.59 Å². The molecule has 1 saturated heterocycles. The highest BCUT2D eigenvalue weighted by molar-refractivity contribution is 5.88. The molecule has 2 heterocycles. The van der Waals surface area contributed by atoms with E-state index < -0.39 is 6.04 Å². The van der Waals surface area contributed by atoms with Gasteiger partial charge >= 0.3 is 0 Å². The molecule has 0 aliphatic carbocycles. The first-order chi connectivity index (χ1) is 13.5. The number of piperazine rings is 1. The lowest BCUT2D eigenvalue weighted by Gasteiger charge is -2.36. The summed E-state index contributed by atoms with van der Waals surface area (Å²) in [4.78, 5) is 33.0. The Morgan fingerprint density at radius 2 is 1.93 bits per heavy atom. The Balaban J connectivity index is 1.43. The molecule has 148 valence electrons. The van der Waals surface area contributed by atoms with Crippen molar-refractivity contribution in [2.75, 3.05) is 37.7 Å². The number of rotatable bonds is 6. The number of anilines is 1. The van der Waals surface area contributed by atoms with Gasteiger partial charge in [0.05, 0.1) is 0 Å². The number of nitrogens with one attached hydrogen (secondary N) is 1. The number of hydrogen-bond acceptors (Lipinski definition) is 5. The number of pyridine rings is 1. The molecule has 0 unspecified atom stereocenters. The minimum absolute atomic E-state index is 0.0791. The van der Waals surface area contributed by atoms with Crippen molar-refractivity contribution in [1.29, 1.82) is 0 Å². The van der Waals surface area contributed by atoms with Crippen molar-refractivity contribution in [2.45, 2.75) is 19.9 Å². The van der Waals surface area contributed by atoms with E-state index in [0.29, 0.717) is 18.8 Å². The maximum Gasteiger partial charge on any atom is 0.258 e. The van der Waals surface area contributed by atoms with Crippen LogP contribution in [0.25, 0.3) is 0 Å². The highest BCUT2D eigenvalue weighted by Crippen LogP contribution is 2.14. The number of aryl methyl sites for hydroxylation is 1. The molecule has 1 aromatic carbocycles. The Morgan fingerprint density at radius 3 is 2.61 bits per heavy atom. The number of carbonyl (C=O) groups excluding carboxylic acids is 2. The van der Waals surface area contributed by atoms with Crippen LogP contribution in [0.5, 0.6) is 5.75 Å². The van der Waals surface area contributed by atoms with Crippen LogP contribution in [0.15, 0.2) is 48.7 Å². The van der Waals surface area contributed by atoms with E-state index in [1.54, 1.807) is 24.1 Å². The summed E-state index contributed by atoms with van der Waals surface area (Å²) in [5, 5.41) is 2.72. The van der Waals surface area contributed by atoms with Crippen molar-refractivity contribution in [1.82, 2.24) is 15.2 Å². The number of benzene rings is 1. The molecule has 0 bridgehead atoms. The van der Waals surface area contributed by atoms with Crippen LogP contribution < -0.4 is 15.0 Å². The zero-order chi connectivity index (χ0) is 19.9. The minimum atomic E-state index is -0.588.